The van der Waals surface area contributed by atoms with Crippen molar-refractivity contribution < 1.29 is 19.1 Å². The van der Waals surface area contributed by atoms with Gasteiger partial charge in [-0.25, -0.2) is 0 Å². The van der Waals surface area contributed by atoms with E-state index >= 15 is 0 Å². The first-order valence-electron chi connectivity index (χ1n) is 12.1. The molecule has 1 unspecified atom stereocenters. The van der Waals surface area contributed by atoms with Crippen LogP contribution in [0.4, 0.5) is 0 Å². The Morgan fingerprint density at radius 1 is 1.15 bits per heavy atom. The van der Waals surface area contributed by atoms with Crippen LogP contribution in [0.1, 0.15) is 36.1 Å². The van der Waals surface area contributed by atoms with E-state index in [4.69, 9.17) is 9.47 Å². The number of H-pyrrole nitrogens is 1. The zero-order valence-electron chi connectivity index (χ0n) is 19.6. The van der Waals surface area contributed by atoms with Crippen LogP contribution in [-0.4, -0.2) is 55.0 Å². The molecule has 2 amide bonds. The third-order valence-electron chi connectivity index (χ3n) is 6.86. The topological polar surface area (TPSA) is 83.7 Å². The summed E-state index contributed by atoms with van der Waals surface area (Å²) in [6, 6.07) is 14.4. The largest absolute Gasteiger partial charge is 0.493 e. The number of nitrogens with zero attached hydrogens (tertiary/aromatic N) is 1. The van der Waals surface area contributed by atoms with Crippen LogP contribution < -0.4 is 14.8 Å². The van der Waals surface area contributed by atoms with E-state index in [9.17, 15) is 9.59 Å². The molecule has 34 heavy (non-hydrogen) atoms. The van der Waals surface area contributed by atoms with Gasteiger partial charge in [0.2, 0.25) is 11.8 Å². The third kappa shape index (κ3) is 4.60. The number of aromatic nitrogens is 1. The second kappa shape index (κ2) is 9.79. The highest BCUT2D eigenvalue weighted by Crippen LogP contribution is 2.31. The number of para-hydroxylation sites is 1. The van der Waals surface area contributed by atoms with Gasteiger partial charge in [0.05, 0.1) is 19.6 Å². The molecule has 1 aromatic heterocycles. The highest BCUT2D eigenvalue weighted by Gasteiger charge is 2.31. The fourth-order valence-electron chi connectivity index (χ4n) is 5.04. The SMILES string of the molecule is COc1ccc2cc1OCCCCN(C(=O)C1CNC(=O)C1)CCc1c([nH]c3ccccc13)C2. The molecule has 3 aromatic rings. The van der Waals surface area contributed by atoms with E-state index < -0.39 is 0 Å². The first-order chi connectivity index (χ1) is 16.6. The molecule has 0 aliphatic carbocycles. The number of aromatic amines is 1. The number of fused-ring (bicyclic) bond motifs is 5. The van der Waals surface area contributed by atoms with Crippen LogP contribution >= 0.6 is 0 Å². The highest BCUT2D eigenvalue weighted by molar-refractivity contribution is 5.89. The Morgan fingerprint density at radius 2 is 2.03 bits per heavy atom. The summed E-state index contributed by atoms with van der Waals surface area (Å²) in [7, 11) is 1.65. The minimum absolute atomic E-state index is 0.0390. The Kier molecular flexibility index (Phi) is 6.43. The summed E-state index contributed by atoms with van der Waals surface area (Å²) in [5.41, 5.74) is 4.64. The van der Waals surface area contributed by atoms with Crippen molar-refractivity contribution in [1.82, 2.24) is 15.2 Å². The molecule has 5 rings (SSSR count). The van der Waals surface area contributed by atoms with Gasteiger partial charge < -0.3 is 24.7 Å². The Labute approximate surface area is 199 Å². The van der Waals surface area contributed by atoms with E-state index in [1.165, 1.54) is 10.9 Å². The fourth-order valence-corrected chi connectivity index (χ4v) is 5.04. The molecule has 1 fully saturated rings. The summed E-state index contributed by atoms with van der Waals surface area (Å²) in [5, 5.41) is 3.99. The second-order valence-electron chi connectivity index (χ2n) is 9.13. The number of benzene rings is 2. The summed E-state index contributed by atoms with van der Waals surface area (Å²) in [6.07, 6.45) is 3.45. The number of amides is 2. The van der Waals surface area contributed by atoms with Crippen LogP contribution in [0.2, 0.25) is 0 Å². The zero-order valence-corrected chi connectivity index (χ0v) is 19.6. The lowest BCUT2D eigenvalue weighted by Crippen LogP contribution is -2.39. The average molecular weight is 462 g/mol. The lowest BCUT2D eigenvalue weighted by Gasteiger charge is -2.26. The van der Waals surface area contributed by atoms with Crippen molar-refractivity contribution in [3.05, 3.63) is 59.3 Å². The molecule has 2 bridgehead atoms. The van der Waals surface area contributed by atoms with Crippen molar-refractivity contribution in [3.63, 3.8) is 0 Å². The molecule has 0 saturated carbocycles. The van der Waals surface area contributed by atoms with Gasteiger partial charge in [0.15, 0.2) is 11.5 Å². The average Bonchev–Trinajstić information content (AvgIpc) is 3.43. The predicted molar refractivity (Wildman–Crippen MR) is 130 cm³/mol. The Balaban J connectivity index is 1.48. The maximum atomic E-state index is 13.3. The van der Waals surface area contributed by atoms with Gasteiger partial charge in [-0.15, -0.1) is 0 Å². The number of rotatable bonds is 2. The van der Waals surface area contributed by atoms with Gasteiger partial charge in [-0.05, 0) is 48.6 Å². The molecule has 1 saturated heterocycles. The molecule has 0 radical (unpaired) electrons. The highest BCUT2D eigenvalue weighted by atomic mass is 16.5. The van der Waals surface area contributed by atoms with Gasteiger partial charge in [0, 0.05) is 49.1 Å². The molecular weight excluding hydrogens is 430 g/mol. The number of hydrogen-bond donors (Lipinski definition) is 2. The van der Waals surface area contributed by atoms with E-state index in [-0.39, 0.29) is 24.2 Å². The lowest BCUT2D eigenvalue weighted by molar-refractivity contribution is -0.135. The monoisotopic (exact) mass is 461 g/mol. The van der Waals surface area contributed by atoms with Crippen LogP contribution in [-0.2, 0) is 22.4 Å². The molecule has 2 aliphatic heterocycles. The number of carbonyl (C=O) groups excluding carboxylic acids is 2. The maximum Gasteiger partial charge on any atom is 0.227 e. The molecular formula is C27H31N3O4. The molecule has 2 aliphatic rings. The minimum atomic E-state index is -0.269. The summed E-state index contributed by atoms with van der Waals surface area (Å²) >= 11 is 0. The quantitative estimate of drug-likeness (QED) is 0.612. The normalized spacial score (nSPS) is 19.1. The van der Waals surface area contributed by atoms with Gasteiger partial charge >= 0.3 is 0 Å². The summed E-state index contributed by atoms with van der Waals surface area (Å²) < 4.78 is 11.6. The number of ether oxygens (including phenoxy) is 2. The predicted octanol–water partition coefficient (Wildman–Crippen LogP) is 3.45. The molecule has 3 heterocycles. The lowest BCUT2D eigenvalue weighted by atomic mass is 10.0. The number of hydrogen-bond acceptors (Lipinski definition) is 4. The molecule has 2 N–H and O–H groups in total. The number of methoxy groups -OCH3 is 1. The second-order valence-corrected chi connectivity index (χ2v) is 9.13. The van der Waals surface area contributed by atoms with E-state index in [0.717, 1.165) is 54.0 Å². The summed E-state index contributed by atoms with van der Waals surface area (Å²) in [6.45, 7) is 2.28. The Bertz CT molecular complexity index is 1200. The van der Waals surface area contributed by atoms with Gasteiger partial charge in [0.25, 0.3) is 0 Å². The Morgan fingerprint density at radius 3 is 2.85 bits per heavy atom. The van der Waals surface area contributed by atoms with Gasteiger partial charge in [-0.2, -0.15) is 0 Å². The third-order valence-corrected chi connectivity index (χ3v) is 6.86. The van der Waals surface area contributed by atoms with Gasteiger partial charge in [0.1, 0.15) is 0 Å². The molecule has 178 valence electrons. The number of nitrogens with one attached hydrogen (secondary N) is 2. The molecule has 1 atom stereocenters. The maximum absolute atomic E-state index is 13.3. The van der Waals surface area contributed by atoms with Crippen LogP contribution in [0.3, 0.4) is 0 Å². The van der Waals surface area contributed by atoms with E-state index in [1.807, 2.05) is 17.0 Å². The smallest absolute Gasteiger partial charge is 0.227 e. The number of carbonyl (C=O) groups is 2. The van der Waals surface area contributed by atoms with Crippen molar-refractivity contribution in [2.45, 2.75) is 32.1 Å². The zero-order chi connectivity index (χ0) is 23.5. The standard InChI is InChI=1S/C27H31N3O4/c1-33-24-9-8-18-14-23-21(20-6-2-3-7-22(20)29-23)10-12-30(11-4-5-13-34-25(24)15-18)27(32)19-16-26(31)28-17-19/h2-3,6-9,15,19,29H,4-5,10-14,16-17H2,1H3,(H,28,31). The Hall–Kier alpha value is -3.48. The van der Waals surface area contributed by atoms with Gasteiger partial charge in [-0.3, -0.25) is 9.59 Å². The first kappa shape index (κ1) is 22.3. The molecule has 0 spiro atoms. The van der Waals surface area contributed by atoms with Crippen LogP contribution in [0, 0.1) is 5.92 Å². The minimum Gasteiger partial charge on any atom is -0.493 e. The van der Waals surface area contributed by atoms with Crippen LogP contribution in [0.5, 0.6) is 11.5 Å². The van der Waals surface area contributed by atoms with Crippen molar-refractivity contribution >= 4 is 22.7 Å². The van der Waals surface area contributed by atoms with E-state index in [0.29, 0.717) is 26.2 Å². The summed E-state index contributed by atoms with van der Waals surface area (Å²) in [4.78, 5) is 30.6. The molecule has 2 aromatic carbocycles. The van der Waals surface area contributed by atoms with E-state index in [1.54, 1.807) is 7.11 Å². The van der Waals surface area contributed by atoms with E-state index in [2.05, 4.69) is 40.6 Å². The molecule has 7 nitrogen and oxygen atoms in total. The fraction of sp³-hybridized carbons (Fsp3) is 0.407. The van der Waals surface area contributed by atoms with Crippen molar-refractivity contribution in [2.24, 2.45) is 5.92 Å². The van der Waals surface area contributed by atoms with Crippen LogP contribution in [0.25, 0.3) is 10.9 Å². The van der Waals surface area contributed by atoms with Crippen molar-refractivity contribution in [3.8, 4) is 11.5 Å². The van der Waals surface area contributed by atoms with Crippen LogP contribution in [0.15, 0.2) is 42.5 Å². The molecule has 7 heteroatoms. The van der Waals surface area contributed by atoms with Crippen molar-refractivity contribution in [2.75, 3.05) is 33.4 Å². The summed E-state index contributed by atoms with van der Waals surface area (Å²) in [5.74, 6) is 1.23. The van der Waals surface area contributed by atoms with Gasteiger partial charge in [-0.1, -0.05) is 24.3 Å². The van der Waals surface area contributed by atoms with Crippen molar-refractivity contribution in [1.29, 1.82) is 0 Å². The first-order valence-corrected chi connectivity index (χ1v) is 12.1.